The van der Waals surface area contributed by atoms with Crippen molar-refractivity contribution in [1.29, 1.82) is 0 Å². The molecule has 0 spiro atoms. The molecule has 1 saturated carbocycles. The lowest BCUT2D eigenvalue weighted by molar-refractivity contribution is 0.0757. The molecule has 1 unspecified atom stereocenters. The van der Waals surface area contributed by atoms with Gasteiger partial charge in [-0.3, -0.25) is 0 Å². The molecule has 4 heteroatoms. The summed E-state index contributed by atoms with van der Waals surface area (Å²) in [6.45, 7) is 2.26. The monoisotopic (exact) mass is 336 g/mol. The normalized spacial score (nSPS) is 27.1. The first-order valence-corrected chi connectivity index (χ1v) is 8.23. The standard InChI is InChI=1S/C13H18BrClOS/c1-2-8-3-5-9(6-4-8)12(16)11-7-10(14)13(15)17-11/h7-9,12,16H,2-6H2,1H3. The van der Waals surface area contributed by atoms with Gasteiger partial charge in [-0.1, -0.05) is 37.8 Å². The number of rotatable bonds is 3. The fraction of sp³-hybridized carbons (Fsp3) is 0.692. The highest BCUT2D eigenvalue weighted by molar-refractivity contribution is 9.10. The van der Waals surface area contributed by atoms with E-state index in [-0.39, 0.29) is 6.10 Å². The SMILES string of the molecule is CCC1CCC(C(O)c2cc(Br)c(Cl)s2)CC1. The van der Waals surface area contributed by atoms with E-state index in [0.717, 1.165) is 32.4 Å². The second-order valence-electron chi connectivity index (χ2n) is 4.90. The van der Waals surface area contributed by atoms with Crippen LogP contribution in [0.4, 0.5) is 0 Å². The molecule has 1 aliphatic rings. The maximum atomic E-state index is 10.4. The van der Waals surface area contributed by atoms with Crippen molar-refractivity contribution >= 4 is 38.9 Å². The van der Waals surface area contributed by atoms with Crippen LogP contribution in [0.2, 0.25) is 4.34 Å². The Bertz CT molecular complexity index is 352. The first kappa shape index (κ1) is 13.9. The summed E-state index contributed by atoms with van der Waals surface area (Å²) >= 11 is 10.9. The summed E-state index contributed by atoms with van der Waals surface area (Å²) in [4.78, 5) is 1.00. The van der Waals surface area contributed by atoms with Gasteiger partial charge in [0.25, 0.3) is 0 Å². The highest BCUT2D eigenvalue weighted by Gasteiger charge is 2.28. The van der Waals surface area contributed by atoms with Crippen LogP contribution in [0.3, 0.4) is 0 Å². The number of hydrogen-bond acceptors (Lipinski definition) is 2. The summed E-state index contributed by atoms with van der Waals surface area (Å²) in [6, 6.07) is 1.96. The minimum absolute atomic E-state index is 0.332. The Hall–Kier alpha value is 0.430. The minimum Gasteiger partial charge on any atom is -0.387 e. The third kappa shape index (κ3) is 3.25. The second-order valence-corrected chi connectivity index (χ2v) is 7.44. The van der Waals surface area contributed by atoms with Crippen LogP contribution in [0.15, 0.2) is 10.5 Å². The largest absolute Gasteiger partial charge is 0.387 e. The van der Waals surface area contributed by atoms with Crippen molar-refractivity contribution < 1.29 is 5.11 Å². The molecule has 1 aliphatic carbocycles. The van der Waals surface area contributed by atoms with Gasteiger partial charge in [-0.05, 0) is 46.7 Å². The Balaban J connectivity index is 1.99. The number of aliphatic hydroxyl groups is 1. The molecule has 0 bridgehead atoms. The molecule has 0 amide bonds. The van der Waals surface area contributed by atoms with Gasteiger partial charge in [0, 0.05) is 9.35 Å². The highest BCUT2D eigenvalue weighted by atomic mass is 79.9. The van der Waals surface area contributed by atoms with Crippen molar-refractivity contribution in [3.63, 3.8) is 0 Å². The van der Waals surface area contributed by atoms with Gasteiger partial charge in [0.15, 0.2) is 0 Å². The van der Waals surface area contributed by atoms with E-state index < -0.39 is 0 Å². The van der Waals surface area contributed by atoms with E-state index >= 15 is 0 Å². The number of hydrogen-bond donors (Lipinski definition) is 1. The van der Waals surface area contributed by atoms with Crippen molar-refractivity contribution in [3.05, 3.63) is 19.8 Å². The number of thiophene rings is 1. The molecule has 1 N–H and O–H groups in total. The maximum Gasteiger partial charge on any atom is 0.107 e. The van der Waals surface area contributed by atoms with E-state index in [1.54, 1.807) is 0 Å². The lowest BCUT2D eigenvalue weighted by atomic mass is 9.78. The van der Waals surface area contributed by atoms with Crippen LogP contribution in [-0.2, 0) is 0 Å². The Morgan fingerprint density at radius 1 is 1.47 bits per heavy atom. The molecule has 1 aromatic rings. The fourth-order valence-electron chi connectivity index (χ4n) is 2.65. The Kier molecular flexibility index (Phi) is 4.93. The lowest BCUT2D eigenvalue weighted by Gasteiger charge is -2.30. The van der Waals surface area contributed by atoms with Gasteiger partial charge in [0.05, 0.1) is 6.10 Å². The second kappa shape index (κ2) is 6.05. The van der Waals surface area contributed by atoms with Crippen LogP contribution in [-0.4, -0.2) is 5.11 Å². The molecule has 17 heavy (non-hydrogen) atoms. The first-order chi connectivity index (χ1) is 8.11. The van der Waals surface area contributed by atoms with Crippen molar-refractivity contribution in [2.75, 3.05) is 0 Å². The van der Waals surface area contributed by atoms with E-state index in [2.05, 4.69) is 22.9 Å². The molecular formula is C13H18BrClOS. The Morgan fingerprint density at radius 2 is 2.12 bits per heavy atom. The first-order valence-electron chi connectivity index (χ1n) is 6.24. The van der Waals surface area contributed by atoms with Crippen LogP contribution in [0, 0.1) is 11.8 Å². The molecule has 0 aromatic carbocycles. The minimum atomic E-state index is -0.332. The summed E-state index contributed by atoms with van der Waals surface area (Å²) < 4.78 is 1.64. The topological polar surface area (TPSA) is 20.2 Å². The number of aliphatic hydroxyl groups excluding tert-OH is 1. The molecule has 1 heterocycles. The smallest absolute Gasteiger partial charge is 0.107 e. The van der Waals surface area contributed by atoms with Gasteiger partial charge in [-0.15, -0.1) is 11.3 Å². The molecule has 96 valence electrons. The van der Waals surface area contributed by atoms with E-state index in [1.807, 2.05) is 6.07 Å². The van der Waals surface area contributed by atoms with Gasteiger partial charge < -0.3 is 5.11 Å². The molecule has 0 aliphatic heterocycles. The molecule has 0 saturated heterocycles. The zero-order valence-electron chi connectivity index (χ0n) is 9.96. The highest BCUT2D eigenvalue weighted by Crippen LogP contribution is 2.42. The summed E-state index contributed by atoms with van der Waals surface area (Å²) in [6.07, 6.45) is 5.76. The van der Waals surface area contributed by atoms with Crippen molar-refractivity contribution in [1.82, 2.24) is 0 Å². The summed E-state index contributed by atoms with van der Waals surface area (Å²) in [5.74, 6) is 1.29. The lowest BCUT2D eigenvalue weighted by Crippen LogP contribution is -2.19. The molecule has 1 fully saturated rings. The summed E-state index contributed by atoms with van der Waals surface area (Å²) in [5.41, 5.74) is 0. The fourth-order valence-corrected chi connectivity index (χ4v) is 4.47. The maximum absolute atomic E-state index is 10.4. The van der Waals surface area contributed by atoms with Gasteiger partial charge >= 0.3 is 0 Å². The third-order valence-electron chi connectivity index (χ3n) is 3.87. The van der Waals surface area contributed by atoms with Crippen molar-refractivity contribution in [2.24, 2.45) is 11.8 Å². The van der Waals surface area contributed by atoms with Gasteiger partial charge in [0.2, 0.25) is 0 Å². The molecule has 1 atom stereocenters. The molecule has 1 nitrogen and oxygen atoms in total. The summed E-state index contributed by atoms with van der Waals surface area (Å²) in [5, 5.41) is 10.4. The van der Waals surface area contributed by atoms with Gasteiger partial charge in [-0.25, -0.2) is 0 Å². The van der Waals surface area contributed by atoms with E-state index in [9.17, 15) is 5.11 Å². The molecular weight excluding hydrogens is 320 g/mol. The van der Waals surface area contributed by atoms with E-state index in [4.69, 9.17) is 11.6 Å². The molecule has 0 radical (unpaired) electrons. The average Bonchev–Trinajstić information content (AvgIpc) is 2.69. The van der Waals surface area contributed by atoms with E-state index in [0.29, 0.717) is 5.92 Å². The van der Waals surface area contributed by atoms with Crippen molar-refractivity contribution in [3.8, 4) is 0 Å². The predicted octanol–water partition coefficient (Wildman–Crippen LogP) is 5.41. The number of halogens is 2. The summed E-state index contributed by atoms with van der Waals surface area (Å²) in [7, 11) is 0. The van der Waals surface area contributed by atoms with E-state index in [1.165, 1.54) is 30.6 Å². The zero-order chi connectivity index (χ0) is 12.4. The van der Waals surface area contributed by atoms with Crippen LogP contribution in [0.1, 0.15) is 50.0 Å². The van der Waals surface area contributed by atoms with Crippen LogP contribution >= 0.6 is 38.9 Å². The third-order valence-corrected chi connectivity index (χ3v) is 6.42. The molecule has 2 rings (SSSR count). The quantitative estimate of drug-likeness (QED) is 0.781. The Labute approximate surface area is 120 Å². The van der Waals surface area contributed by atoms with Crippen LogP contribution in [0.25, 0.3) is 0 Å². The van der Waals surface area contributed by atoms with Gasteiger partial charge in [-0.2, -0.15) is 0 Å². The Morgan fingerprint density at radius 3 is 2.59 bits per heavy atom. The zero-order valence-corrected chi connectivity index (χ0v) is 13.1. The molecule has 1 aromatic heterocycles. The average molecular weight is 338 g/mol. The van der Waals surface area contributed by atoms with Gasteiger partial charge in [0.1, 0.15) is 4.34 Å². The predicted molar refractivity (Wildman–Crippen MR) is 77.7 cm³/mol. The van der Waals surface area contributed by atoms with Crippen molar-refractivity contribution in [2.45, 2.75) is 45.1 Å². The van der Waals surface area contributed by atoms with Crippen LogP contribution < -0.4 is 0 Å². The van der Waals surface area contributed by atoms with Crippen LogP contribution in [0.5, 0.6) is 0 Å².